The topological polar surface area (TPSA) is 109 Å². The monoisotopic (exact) mass is 451 g/mol. The van der Waals surface area contributed by atoms with E-state index in [1.807, 2.05) is 79.9 Å². The molecule has 2 amide bonds. The van der Waals surface area contributed by atoms with Crippen molar-refractivity contribution >= 4 is 17.8 Å². The van der Waals surface area contributed by atoms with Gasteiger partial charge in [0.05, 0.1) is 0 Å². The van der Waals surface area contributed by atoms with Gasteiger partial charge >= 0.3 is 12.2 Å². The standard InChI is InChI=1S/C24H29N5O4/c1-23(2,3)24(20-27-26-19-11-7-8-13-28(19)20)15-18(12-14-29(24)22(31)32)25-21(30)33-16-17-9-5-4-6-10-17/h4-11,13,18H,12,14-16H2,1-3H3,(H,25,30)(H,31,32)/t18?,24-/m1/s1. The van der Waals surface area contributed by atoms with Crippen molar-refractivity contribution in [2.45, 2.75) is 51.8 Å². The van der Waals surface area contributed by atoms with Gasteiger partial charge in [0.15, 0.2) is 11.5 Å². The van der Waals surface area contributed by atoms with Gasteiger partial charge in [0.2, 0.25) is 0 Å². The fourth-order valence-corrected chi connectivity index (χ4v) is 4.74. The Bertz CT molecular complexity index is 1140. The molecule has 2 aromatic heterocycles. The molecule has 1 fully saturated rings. The summed E-state index contributed by atoms with van der Waals surface area (Å²) in [4.78, 5) is 26.4. The molecule has 0 bridgehead atoms. The molecule has 0 aliphatic carbocycles. The number of fused-ring (bicyclic) bond motifs is 1. The van der Waals surface area contributed by atoms with E-state index < -0.39 is 23.1 Å². The summed E-state index contributed by atoms with van der Waals surface area (Å²) < 4.78 is 7.24. The maximum atomic E-state index is 12.6. The van der Waals surface area contributed by atoms with Gasteiger partial charge in [-0.1, -0.05) is 57.2 Å². The third-order valence-corrected chi connectivity index (χ3v) is 6.39. The van der Waals surface area contributed by atoms with E-state index in [9.17, 15) is 14.7 Å². The number of pyridine rings is 1. The number of nitrogens with one attached hydrogen (secondary N) is 1. The van der Waals surface area contributed by atoms with Crippen LogP contribution in [0, 0.1) is 5.41 Å². The number of nitrogens with zero attached hydrogens (tertiary/aromatic N) is 4. The molecular formula is C24H29N5O4. The summed E-state index contributed by atoms with van der Waals surface area (Å²) in [6.07, 6.45) is 1.10. The summed E-state index contributed by atoms with van der Waals surface area (Å²) in [6.45, 7) is 6.38. The number of alkyl carbamates (subject to hydrolysis) is 1. The number of ether oxygens (including phenoxy) is 1. The summed E-state index contributed by atoms with van der Waals surface area (Å²) >= 11 is 0. The maximum Gasteiger partial charge on any atom is 0.408 e. The van der Waals surface area contributed by atoms with Crippen LogP contribution in [0.15, 0.2) is 54.7 Å². The first-order valence-electron chi connectivity index (χ1n) is 11.0. The van der Waals surface area contributed by atoms with Crippen LogP contribution in [0.5, 0.6) is 0 Å². The second kappa shape index (κ2) is 8.73. The highest BCUT2D eigenvalue weighted by Gasteiger charge is 2.56. The zero-order valence-electron chi connectivity index (χ0n) is 19.1. The van der Waals surface area contributed by atoms with Gasteiger partial charge in [0.25, 0.3) is 0 Å². The van der Waals surface area contributed by atoms with Crippen molar-refractivity contribution < 1.29 is 19.4 Å². The van der Waals surface area contributed by atoms with Gasteiger partial charge in [-0.3, -0.25) is 9.30 Å². The van der Waals surface area contributed by atoms with Crippen LogP contribution in [0.2, 0.25) is 0 Å². The highest BCUT2D eigenvalue weighted by atomic mass is 16.5. The Labute approximate surface area is 192 Å². The number of likely N-dealkylation sites (tertiary alicyclic amines) is 1. The van der Waals surface area contributed by atoms with E-state index in [1.165, 1.54) is 4.90 Å². The van der Waals surface area contributed by atoms with Crippen molar-refractivity contribution in [1.82, 2.24) is 24.8 Å². The van der Waals surface area contributed by atoms with Crippen LogP contribution in [0.3, 0.4) is 0 Å². The Kier molecular flexibility index (Phi) is 5.97. The maximum absolute atomic E-state index is 12.6. The average molecular weight is 452 g/mol. The number of hydrogen-bond donors (Lipinski definition) is 2. The highest BCUT2D eigenvalue weighted by Crippen LogP contribution is 2.49. The molecule has 1 aliphatic rings. The van der Waals surface area contributed by atoms with E-state index in [-0.39, 0.29) is 19.2 Å². The van der Waals surface area contributed by atoms with E-state index in [4.69, 9.17) is 4.74 Å². The molecule has 1 saturated heterocycles. The van der Waals surface area contributed by atoms with Crippen molar-refractivity contribution in [2.24, 2.45) is 5.41 Å². The van der Waals surface area contributed by atoms with Crippen LogP contribution in [-0.4, -0.2) is 49.4 Å². The van der Waals surface area contributed by atoms with Gasteiger partial charge in [0.1, 0.15) is 12.1 Å². The highest BCUT2D eigenvalue weighted by molar-refractivity contribution is 5.69. The lowest BCUT2D eigenvalue weighted by molar-refractivity contribution is -0.0457. The van der Waals surface area contributed by atoms with Crippen molar-refractivity contribution in [3.8, 4) is 0 Å². The molecule has 0 spiro atoms. The summed E-state index contributed by atoms with van der Waals surface area (Å²) in [5, 5.41) is 21.8. The third kappa shape index (κ3) is 4.22. The van der Waals surface area contributed by atoms with Gasteiger partial charge in [-0.2, -0.15) is 0 Å². The summed E-state index contributed by atoms with van der Waals surface area (Å²) in [5.74, 6) is 0.539. The number of carboxylic acid groups (broad SMARTS) is 1. The predicted molar refractivity (Wildman–Crippen MR) is 122 cm³/mol. The zero-order valence-corrected chi connectivity index (χ0v) is 19.1. The number of amides is 2. The SMILES string of the molecule is CC(C)(C)[C@]1(c2nnc3ccccn23)CC(NC(=O)OCc2ccccc2)CCN1C(=O)O. The van der Waals surface area contributed by atoms with Crippen molar-refractivity contribution in [2.75, 3.05) is 6.54 Å². The minimum absolute atomic E-state index is 0.167. The Balaban J connectivity index is 1.63. The largest absolute Gasteiger partial charge is 0.465 e. The molecule has 9 heteroatoms. The molecule has 0 radical (unpaired) electrons. The lowest BCUT2D eigenvalue weighted by atomic mass is 9.66. The average Bonchev–Trinajstić information content (AvgIpc) is 3.22. The normalized spacial score (nSPS) is 21.1. The molecule has 1 unspecified atom stereocenters. The fourth-order valence-electron chi connectivity index (χ4n) is 4.74. The van der Waals surface area contributed by atoms with Crippen molar-refractivity contribution in [3.63, 3.8) is 0 Å². The van der Waals surface area contributed by atoms with E-state index in [2.05, 4.69) is 15.5 Å². The first-order chi connectivity index (χ1) is 15.7. The molecule has 2 atom stereocenters. The van der Waals surface area contributed by atoms with Crippen LogP contribution in [0.4, 0.5) is 9.59 Å². The van der Waals surface area contributed by atoms with Gasteiger partial charge < -0.3 is 15.2 Å². The number of piperidine rings is 1. The van der Waals surface area contributed by atoms with Crippen LogP contribution in [-0.2, 0) is 16.9 Å². The number of carbonyl (C=O) groups excluding carboxylic acids is 1. The van der Waals surface area contributed by atoms with Gasteiger partial charge in [-0.25, -0.2) is 9.59 Å². The first kappa shape index (κ1) is 22.6. The minimum atomic E-state index is -1.03. The number of benzene rings is 1. The molecule has 4 rings (SSSR count). The van der Waals surface area contributed by atoms with E-state index in [0.717, 1.165) is 5.56 Å². The molecule has 33 heavy (non-hydrogen) atoms. The smallest absolute Gasteiger partial charge is 0.408 e. The molecule has 9 nitrogen and oxygen atoms in total. The Morgan fingerprint density at radius 1 is 1.15 bits per heavy atom. The second-order valence-corrected chi connectivity index (χ2v) is 9.39. The number of carbonyl (C=O) groups is 2. The zero-order chi connectivity index (χ0) is 23.6. The van der Waals surface area contributed by atoms with Crippen molar-refractivity contribution in [1.29, 1.82) is 0 Å². The Morgan fingerprint density at radius 3 is 2.58 bits per heavy atom. The van der Waals surface area contributed by atoms with Crippen LogP contribution >= 0.6 is 0 Å². The first-order valence-corrected chi connectivity index (χ1v) is 11.0. The Hall–Kier alpha value is -3.62. The minimum Gasteiger partial charge on any atom is -0.465 e. The second-order valence-electron chi connectivity index (χ2n) is 9.39. The molecule has 174 valence electrons. The summed E-state index contributed by atoms with van der Waals surface area (Å²) in [5.41, 5.74) is -0.0283. The fraction of sp³-hybridized carbons (Fsp3) is 0.417. The number of aromatic nitrogens is 3. The number of rotatable bonds is 4. The molecular weight excluding hydrogens is 422 g/mol. The lowest BCUT2D eigenvalue weighted by Gasteiger charge is -2.54. The summed E-state index contributed by atoms with van der Waals surface area (Å²) in [7, 11) is 0. The van der Waals surface area contributed by atoms with Crippen LogP contribution in [0.25, 0.3) is 5.65 Å². The van der Waals surface area contributed by atoms with Crippen LogP contribution < -0.4 is 5.32 Å². The van der Waals surface area contributed by atoms with Crippen molar-refractivity contribution in [3.05, 3.63) is 66.1 Å². The molecule has 1 aliphatic heterocycles. The third-order valence-electron chi connectivity index (χ3n) is 6.39. The van der Waals surface area contributed by atoms with E-state index in [1.54, 1.807) is 0 Å². The van der Waals surface area contributed by atoms with Gasteiger partial charge in [-0.15, -0.1) is 10.2 Å². The van der Waals surface area contributed by atoms with E-state index >= 15 is 0 Å². The molecule has 3 heterocycles. The van der Waals surface area contributed by atoms with Gasteiger partial charge in [-0.05, 0) is 36.0 Å². The van der Waals surface area contributed by atoms with E-state index in [0.29, 0.717) is 24.3 Å². The lowest BCUT2D eigenvalue weighted by Crippen LogP contribution is -2.64. The molecule has 3 aromatic rings. The predicted octanol–water partition coefficient (Wildman–Crippen LogP) is 4.04. The molecule has 1 aromatic carbocycles. The summed E-state index contributed by atoms with van der Waals surface area (Å²) in [6, 6.07) is 14.7. The molecule has 0 saturated carbocycles. The van der Waals surface area contributed by atoms with Crippen LogP contribution in [0.1, 0.15) is 45.0 Å². The molecule has 2 N–H and O–H groups in total. The quantitative estimate of drug-likeness (QED) is 0.620. The number of hydrogen-bond acceptors (Lipinski definition) is 5. The Morgan fingerprint density at radius 2 is 1.88 bits per heavy atom. The van der Waals surface area contributed by atoms with Gasteiger partial charge in [0, 0.05) is 18.8 Å².